The van der Waals surface area contributed by atoms with Gasteiger partial charge in [0.15, 0.2) is 0 Å². The molecule has 0 unspecified atom stereocenters. The average molecular weight is 334 g/mol. The molecule has 0 atom stereocenters. The van der Waals surface area contributed by atoms with E-state index in [1.165, 1.54) is 30.5 Å². The molecule has 1 amide bonds. The summed E-state index contributed by atoms with van der Waals surface area (Å²) in [6, 6.07) is 7.10. The number of hydrazine groups is 1. The second kappa shape index (κ2) is 5.84. The molecule has 0 saturated carbocycles. The van der Waals surface area contributed by atoms with E-state index in [9.17, 15) is 13.2 Å². The van der Waals surface area contributed by atoms with Crippen molar-refractivity contribution in [2.24, 2.45) is 0 Å². The fourth-order valence-corrected chi connectivity index (χ4v) is 2.99. The molecule has 0 aliphatic carbocycles. The van der Waals surface area contributed by atoms with E-state index in [0.29, 0.717) is 0 Å². The van der Waals surface area contributed by atoms with Crippen molar-refractivity contribution in [1.82, 2.24) is 15.2 Å². The number of nitrogens with one attached hydrogen (secondary N) is 3. The van der Waals surface area contributed by atoms with Crippen LogP contribution in [0.3, 0.4) is 0 Å². The van der Waals surface area contributed by atoms with Crippen LogP contribution in [0.4, 0.5) is 0 Å². The van der Waals surface area contributed by atoms with Crippen LogP contribution in [0.5, 0.6) is 0 Å². The molecule has 0 spiro atoms. The van der Waals surface area contributed by atoms with E-state index in [4.69, 9.17) is 23.2 Å². The Morgan fingerprint density at radius 1 is 1.20 bits per heavy atom. The second-order valence-electron chi connectivity index (χ2n) is 3.72. The molecule has 0 aliphatic rings. The first-order chi connectivity index (χ1) is 9.40. The van der Waals surface area contributed by atoms with Gasteiger partial charge >= 0.3 is 0 Å². The lowest BCUT2D eigenvalue weighted by molar-refractivity contribution is 0.0940. The molecule has 1 aromatic heterocycles. The molecule has 0 radical (unpaired) electrons. The Morgan fingerprint density at radius 2 is 1.95 bits per heavy atom. The fraction of sp³-hybridized carbons (Fsp3) is 0. The molecule has 0 aliphatic heterocycles. The van der Waals surface area contributed by atoms with Gasteiger partial charge in [0.2, 0.25) is 0 Å². The maximum Gasteiger partial charge on any atom is 0.282 e. The third kappa shape index (κ3) is 3.31. The summed E-state index contributed by atoms with van der Waals surface area (Å²) in [6.07, 6.45) is 1.54. The number of aromatic amines is 1. The predicted molar refractivity (Wildman–Crippen MR) is 75.0 cm³/mol. The highest BCUT2D eigenvalue weighted by Gasteiger charge is 2.19. The lowest BCUT2D eigenvalue weighted by atomic mass is 10.4. The maximum absolute atomic E-state index is 12.0. The van der Waals surface area contributed by atoms with E-state index in [1.54, 1.807) is 6.07 Å². The topological polar surface area (TPSA) is 91.1 Å². The molecule has 3 N–H and O–H groups in total. The second-order valence-corrected chi connectivity index (χ2v) is 6.21. The zero-order valence-electron chi connectivity index (χ0n) is 9.85. The highest BCUT2D eigenvalue weighted by atomic mass is 35.5. The molecule has 1 aromatic carbocycles. The van der Waals surface area contributed by atoms with Crippen molar-refractivity contribution in [2.75, 3.05) is 0 Å². The van der Waals surface area contributed by atoms with Crippen molar-refractivity contribution in [2.45, 2.75) is 4.90 Å². The number of hydrogen-bond acceptors (Lipinski definition) is 3. The van der Waals surface area contributed by atoms with Gasteiger partial charge in [-0.05, 0) is 30.3 Å². The number of halogens is 2. The molecule has 2 rings (SSSR count). The van der Waals surface area contributed by atoms with Crippen molar-refractivity contribution in [3.8, 4) is 0 Å². The van der Waals surface area contributed by atoms with Gasteiger partial charge in [-0.2, -0.15) is 0 Å². The Bertz CT molecular complexity index is 729. The molecule has 106 valence electrons. The molecule has 0 fully saturated rings. The van der Waals surface area contributed by atoms with Crippen molar-refractivity contribution < 1.29 is 13.2 Å². The molecule has 6 nitrogen and oxygen atoms in total. The molecular weight excluding hydrogens is 325 g/mol. The van der Waals surface area contributed by atoms with Crippen molar-refractivity contribution in [1.29, 1.82) is 0 Å². The molecular formula is C11H9Cl2N3O3S. The van der Waals surface area contributed by atoms with Crippen LogP contribution in [0.15, 0.2) is 41.4 Å². The minimum atomic E-state index is -4.01. The maximum atomic E-state index is 12.0. The van der Waals surface area contributed by atoms with Gasteiger partial charge in [-0.1, -0.05) is 23.2 Å². The van der Waals surface area contributed by atoms with Gasteiger partial charge in [0.05, 0.1) is 5.02 Å². The Kier molecular flexibility index (Phi) is 4.34. The Morgan fingerprint density at radius 3 is 2.60 bits per heavy atom. The summed E-state index contributed by atoms with van der Waals surface area (Å²) >= 11 is 11.5. The highest BCUT2D eigenvalue weighted by molar-refractivity contribution is 7.89. The number of amides is 1. The number of hydrogen-bond donors (Lipinski definition) is 3. The standard InChI is InChI=1S/C11H9Cl2N3O3S/c12-7-3-4-8(13)10(6-7)20(18,19)16-15-11(17)9-2-1-5-14-9/h1-6,14,16H,(H,15,17). The number of carbonyl (C=O) groups excluding carboxylic acids is 1. The average Bonchev–Trinajstić information content (AvgIpc) is 2.93. The lowest BCUT2D eigenvalue weighted by Gasteiger charge is -2.09. The monoisotopic (exact) mass is 333 g/mol. The van der Waals surface area contributed by atoms with Crippen molar-refractivity contribution in [3.63, 3.8) is 0 Å². The smallest absolute Gasteiger partial charge is 0.282 e. The first-order valence-corrected chi connectivity index (χ1v) is 7.54. The van der Waals surface area contributed by atoms with E-state index in [0.717, 1.165) is 0 Å². The lowest BCUT2D eigenvalue weighted by Crippen LogP contribution is -2.41. The van der Waals surface area contributed by atoms with Crippen LogP contribution in [-0.2, 0) is 10.0 Å². The zero-order chi connectivity index (χ0) is 14.8. The first kappa shape index (κ1) is 14.9. The van der Waals surface area contributed by atoms with Crippen LogP contribution >= 0.6 is 23.2 Å². The summed E-state index contributed by atoms with van der Waals surface area (Å²) in [4.78, 5) is 16.0. The van der Waals surface area contributed by atoms with E-state index in [1.807, 2.05) is 4.83 Å². The van der Waals surface area contributed by atoms with E-state index < -0.39 is 15.9 Å². The number of rotatable bonds is 4. The van der Waals surface area contributed by atoms with Gasteiger partial charge in [0.25, 0.3) is 15.9 Å². The molecule has 0 saturated heterocycles. The van der Waals surface area contributed by atoms with Gasteiger partial charge < -0.3 is 4.98 Å². The minimum absolute atomic E-state index is 0.00368. The Labute approximate surface area is 125 Å². The van der Waals surface area contributed by atoms with Gasteiger partial charge in [-0.15, -0.1) is 4.83 Å². The summed E-state index contributed by atoms with van der Waals surface area (Å²) in [7, 11) is -4.01. The third-order valence-corrected chi connectivity index (χ3v) is 4.29. The van der Waals surface area contributed by atoms with E-state index in [-0.39, 0.29) is 20.6 Å². The summed E-state index contributed by atoms with van der Waals surface area (Å²) < 4.78 is 24.0. The summed E-state index contributed by atoms with van der Waals surface area (Å²) in [6.45, 7) is 0. The molecule has 20 heavy (non-hydrogen) atoms. The van der Waals surface area contributed by atoms with Gasteiger partial charge in [-0.25, -0.2) is 8.42 Å². The Balaban J connectivity index is 2.16. The molecule has 0 bridgehead atoms. The SMILES string of the molecule is O=C(NNS(=O)(=O)c1cc(Cl)ccc1Cl)c1ccc[nH]1. The van der Waals surface area contributed by atoms with Crippen molar-refractivity contribution >= 4 is 39.1 Å². The van der Waals surface area contributed by atoms with E-state index >= 15 is 0 Å². The highest BCUT2D eigenvalue weighted by Crippen LogP contribution is 2.24. The molecule has 1 heterocycles. The number of aromatic nitrogens is 1. The van der Waals surface area contributed by atoms with E-state index in [2.05, 4.69) is 10.4 Å². The summed E-state index contributed by atoms with van der Waals surface area (Å²) in [5, 5.41) is 0.210. The predicted octanol–water partition coefficient (Wildman–Crippen LogP) is 1.94. The van der Waals surface area contributed by atoms with Crippen LogP contribution in [0, 0.1) is 0 Å². The van der Waals surface area contributed by atoms with Gasteiger partial charge in [0.1, 0.15) is 10.6 Å². The number of H-pyrrole nitrogens is 1. The van der Waals surface area contributed by atoms with Crippen molar-refractivity contribution in [3.05, 3.63) is 52.3 Å². The van der Waals surface area contributed by atoms with Crippen LogP contribution in [0.2, 0.25) is 10.0 Å². The largest absolute Gasteiger partial charge is 0.357 e. The van der Waals surface area contributed by atoms with Crippen LogP contribution in [-0.4, -0.2) is 19.3 Å². The summed E-state index contributed by atoms with van der Waals surface area (Å²) in [5.74, 6) is -0.628. The van der Waals surface area contributed by atoms with Crippen LogP contribution in [0.1, 0.15) is 10.5 Å². The number of benzene rings is 1. The fourth-order valence-electron chi connectivity index (χ4n) is 1.39. The Hall–Kier alpha value is -1.54. The molecule has 9 heteroatoms. The summed E-state index contributed by atoms with van der Waals surface area (Å²) in [5.41, 5.74) is 2.27. The quantitative estimate of drug-likeness (QED) is 0.747. The number of sulfonamides is 1. The van der Waals surface area contributed by atoms with Gasteiger partial charge in [-0.3, -0.25) is 10.2 Å². The van der Waals surface area contributed by atoms with Crippen LogP contribution in [0.25, 0.3) is 0 Å². The first-order valence-electron chi connectivity index (χ1n) is 5.31. The number of carbonyl (C=O) groups is 1. The zero-order valence-corrected chi connectivity index (χ0v) is 12.2. The van der Waals surface area contributed by atoms with Gasteiger partial charge in [0, 0.05) is 11.2 Å². The van der Waals surface area contributed by atoms with Crippen LogP contribution < -0.4 is 10.3 Å². The minimum Gasteiger partial charge on any atom is -0.357 e. The normalized spacial score (nSPS) is 11.3. The third-order valence-electron chi connectivity index (χ3n) is 2.32. The molecule has 2 aromatic rings.